The maximum atomic E-state index is 12.6. The van der Waals surface area contributed by atoms with Gasteiger partial charge < -0.3 is 20.8 Å². The summed E-state index contributed by atoms with van der Waals surface area (Å²) in [6, 6.07) is 14.1. The van der Waals surface area contributed by atoms with Crippen molar-refractivity contribution in [3.63, 3.8) is 0 Å². The first-order chi connectivity index (χ1) is 20.4. The van der Waals surface area contributed by atoms with E-state index in [1.54, 1.807) is 6.07 Å². The van der Waals surface area contributed by atoms with E-state index in [9.17, 15) is 46.1 Å². The molecule has 0 unspecified atom stereocenters. The van der Waals surface area contributed by atoms with Crippen LogP contribution in [0.4, 0.5) is 37.7 Å². The number of carbonyl (C=O) groups is 2. The summed E-state index contributed by atoms with van der Waals surface area (Å²) in [6.07, 6.45) is -8.93. The van der Waals surface area contributed by atoms with Gasteiger partial charge in [-0.2, -0.15) is 26.3 Å². The number of halogens is 10. The Morgan fingerprint density at radius 3 is 1.43 bits per heavy atom. The summed E-state index contributed by atoms with van der Waals surface area (Å²) >= 11 is 12.5. The van der Waals surface area contributed by atoms with E-state index >= 15 is 0 Å². The third-order valence-electron chi connectivity index (χ3n) is 5.46. The van der Waals surface area contributed by atoms with E-state index in [0.717, 1.165) is 36.4 Å². The molecule has 0 radical (unpaired) electrons. The van der Waals surface area contributed by atoms with Crippen LogP contribution in [0.3, 0.4) is 0 Å². The van der Waals surface area contributed by atoms with E-state index in [0.29, 0.717) is 13.4 Å². The minimum Gasteiger partial charge on any atom is -0.506 e. The quantitative estimate of drug-likeness (QED) is 0.154. The number of amides is 2. The minimum absolute atomic E-state index is 0.0128. The van der Waals surface area contributed by atoms with Crippen molar-refractivity contribution >= 4 is 86.9 Å². The average molecular weight is 878 g/mol. The van der Waals surface area contributed by atoms with Crippen molar-refractivity contribution in [3.8, 4) is 11.5 Å². The first-order valence-electron chi connectivity index (χ1n) is 11.7. The molecule has 0 atom stereocenters. The van der Waals surface area contributed by atoms with Gasteiger partial charge >= 0.3 is 12.4 Å². The lowest BCUT2D eigenvalue weighted by Crippen LogP contribution is -2.13. The summed E-state index contributed by atoms with van der Waals surface area (Å²) in [6.45, 7) is 0. The molecule has 0 fully saturated rings. The number of carbonyl (C=O) groups excluding carboxylic acids is 2. The number of rotatable bonds is 4. The van der Waals surface area contributed by atoms with E-state index in [1.165, 1.54) is 30.3 Å². The molecule has 4 aromatic carbocycles. The molecule has 4 aromatic rings. The van der Waals surface area contributed by atoms with Gasteiger partial charge in [0, 0.05) is 20.3 Å². The van der Waals surface area contributed by atoms with E-state index < -0.39 is 35.3 Å². The lowest BCUT2D eigenvalue weighted by molar-refractivity contribution is -0.138. The molecule has 0 aliphatic rings. The second-order valence-electron chi connectivity index (χ2n) is 8.63. The summed E-state index contributed by atoms with van der Waals surface area (Å²) in [4.78, 5) is 24.2. The van der Waals surface area contributed by atoms with Crippen LogP contribution in [0.1, 0.15) is 31.8 Å². The molecular weight excluding hydrogens is 862 g/mol. The van der Waals surface area contributed by atoms with Crippen molar-refractivity contribution in [1.82, 2.24) is 0 Å². The predicted octanol–water partition coefficient (Wildman–Crippen LogP) is 10.4. The van der Waals surface area contributed by atoms with Gasteiger partial charge in [-0.15, -0.1) is 0 Å². The topological polar surface area (TPSA) is 98.7 Å². The third-order valence-corrected chi connectivity index (χ3v) is 7.59. The maximum absolute atomic E-state index is 12.6. The van der Waals surface area contributed by atoms with E-state index in [2.05, 4.69) is 74.4 Å². The second-order valence-corrected chi connectivity index (χ2v) is 12.2. The summed E-state index contributed by atoms with van der Waals surface area (Å²) < 4.78 is 77.0. The third kappa shape index (κ3) is 9.46. The number of nitrogens with one attached hydrogen (secondary N) is 2. The SMILES string of the molecule is O=C(Nc1ccc(C(F)(F)F)cc1)c1cc(Br)cc(Br)c1O.O=C(Nc1cccc(C(F)(F)F)c1)c1cc(Br)cc(Br)c1O. The molecular formula is C28H16Br4F6N2O4. The van der Waals surface area contributed by atoms with E-state index in [4.69, 9.17) is 0 Å². The molecule has 0 aromatic heterocycles. The predicted molar refractivity (Wildman–Crippen MR) is 166 cm³/mol. The Hall–Kier alpha value is -3.08. The van der Waals surface area contributed by atoms with E-state index in [1.807, 2.05) is 0 Å². The molecule has 2 amide bonds. The zero-order valence-corrected chi connectivity index (χ0v) is 27.8. The Morgan fingerprint density at radius 1 is 0.568 bits per heavy atom. The van der Waals surface area contributed by atoms with Crippen LogP contribution in [-0.2, 0) is 12.4 Å². The summed E-state index contributed by atoms with van der Waals surface area (Å²) in [5.41, 5.74) is -1.59. The first-order valence-corrected chi connectivity index (χ1v) is 14.9. The van der Waals surface area contributed by atoms with E-state index in [-0.39, 0.29) is 38.5 Å². The van der Waals surface area contributed by atoms with Crippen molar-refractivity contribution in [2.45, 2.75) is 12.4 Å². The number of phenols is 2. The number of alkyl halides is 6. The van der Waals surface area contributed by atoms with Gasteiger partial charge in [-0.1, -0.05) is 37.9 Å². The van der Waals surface area contributed by atoms with Crippen LogP contribution in [0, 0.1) is 0 Å². The Balaban J connectivity index is 0.000000240. The van der Waals surface area contributed by atoms with Crippen LogP contribution in [0.25, 0.3) is 0 Å². The summed E-state index contributed by atoms with van der Waals surface area (Å²) in [5, 5.41) is 24.4. The van der Waals surface area contributed by atoms with Crippen LogP contribution in [0.5, 0.6) is 11.5 Å². The monoisotopic (exact) mass is 874 g/mol. The van der Waals surface area contributed by atoms with Gasteiger partial charge in [0.2, 0.25) is 0 Å². The van der Waals surface area contributed by atoms with Crippen LogP contribution >= 0.6 is 63.7 Å². The van der Waals surface area contributed by atoms with Crippen molar-refractivity contribution < 1.29 is 46.1 Å². The molecule has 6 nitrogen and oxygen atoms in total. The lowest BCUT2D eigenvalue weighted by Gasteiger charge is -2.11. The number of anilines is 2. The molecule has 16 heteroatoms. The van der Waals surface area contributed by atoms with Crippen LogP contribution in [-0.4, -0.2) is 22.0 Å². The first kappa shape index (κ1) is 35.4. The minimum atomic E-state index is -4.50. The van der Waals surface area contributed by atoms with Gasteiger partial charge in [0.25, 0.3) is 11.8 Å². The highest BCUT2D eigenvalue weighted by Gasteiger charge is 2.31. The Kier molecular flexibility index (Phi) is 11.5. The van der Waals surface area contributed by atoms with Crippen molar-refractivity contribution in [3.05, 3.63) is 113 Å². The zero-order valence-electron chi connectivity index (χ0n) is 21.4. The Labute approximate surface area is 279 Å². The number of hydrogen-bond acceptors (Lipinski definition) is 4. The molecule has 0 saturated heterocycles. The Bertz CT molecular complexity index is 1700. The number of aromatic hydroxyl groups is 2. The molecule has 0 bridgehead atoms. The van der Waals surface area contributed by atoms with Crippen LogP contribution in [0.2, 0.25) is 0 Å². The van der Waals surface area contributed by atoms with Crippen LogP contribution in [0.15, 0.2) is 90.7 Å². The molecule has 0 heterocycles. The number of phenolic OH excluding ortho intramolecular Hbond substituents is 2. The van der Waals surface area contributed by atoms with Gasteiger partial charge in [0.1, 0.15) is 11.5 Å². The fourth-order valence-corrected chi connectivity index (χ4v) is 5.84. The molecule has 232 valence electrons. The van der Waals surface area contributed by atoms with Gasteiger partial charge in [0.05, 0.1) is 31.2 Å². The van der Waals surface area contributed by atoms with Crippen molar-refractivity contribution in [1.29, 1.82) is 0 Å². The average Bonchev–Trinajstić information content (AvgIpc) is 2.92. The zero-order chi connectivity index (χ0) is 33.0. The molecule has 0 spiro atoms. The smallest absolute Gasteiger partial charge is 0.416 e. The molecule has 0 saturated carbocycles. The van der Waals surface area contributed by atoms with Gasteiger partial charge in [-0.25, -0.2) is 0 Å². The molecule has 4 rings (SSSR count). The Morgan fingerprint density at radius 2 is 1.00 bits per heavy atom. The fraction of sp³-hybridized carbons (Fsp3) is 0.0714. The summed E-state index contributed by atoms with van der Waals surface area (Å²) in [7, 11) is 0. The highest BCUT2D eigenvalue weighted by Crippen LogP contribution is 2.35. The molecule has 44 heavy (non-hydrogen) atoms. The lowest BCUT2D eigenvalue weighted by atomic mass is 10.1. The fourth-order valence-electron chi connectivity index (χ4n) is 3.39. The van der Waals surface area contributed by atoms with Gasteiger partial charge in [0.15, 0.2) is 0 Å². The molecule has 4 N–H and O–H groups in total. The maximum Gasteiger partial charge on any atom is 0.416 e. The largest absolute Gasteiger partial charge is 0.506 e. The van der Waals surface area contributed by atoms with Gasteiger partial charge in [-0.3, -0.25) is 9.59 Å². The molecule has 0 aliphatic heterocycles. The standard InChI is InChI=1S/2C14H8Br2F3NO2/c15-8-5-10(12(21)11(16)6-8)13(22)20-9-3-1-7(2-4-9)14(17,18)19;15-8-5-10(12(21)11(16)6-8)13(22)20-9-3-1-2-7(4-9)14(17,18)19/h2*1-6,21H,(H,20,22). The summed E-state index contributed by atoms with van der Waals surface area (Å²) in [5.74, 6) is -1.92. The second kappa shape index (κ2) is 14.3. The number of hydrogen-bond donors (Lipinski definition) is 4. The highest BCUT2D eigenvalue weighted by atomic mass is 79.9. The molecule has 0 aliphatic carbocycles. The highest BCUT2D eigenvalue weighted by molar-refractivity contribution is 9.11. The van der Waals surface area contributed by atoms with Gasteiger partial charge in [-0.05, 0) is 98.6 Å². The van der Waals surface area contributed by atoms with Crippen molar-refractivity contribution in [2.24, 2.45) is 0 Å². The number of benzene rings is 4. The van der Waals surface area contributed by atoms with Crippen molar-refractivity contribution in [2.75, 3.05) is 10.6 Å². The normalized spacial score (nSPS) is 11.3. The van der Waals surface area contributed by atoms with Crippen LogP contribution < -0.4 is 10.6 Å².